The number of fused-ring (bicyclic) bond motifs is 1. The van der Waals surface area contributed by atoms with Crippen molar-refractivity contribution in [3.05, 3.63) is 22.7 Å². The number of alkyl halides is 1. The summed E-state index contributed by atoms with van der Waals surface area (Å²) in [7, 11) is 0. The number of unbranched alkanes of at least 4 members (excludes halogenated alkanes) is 1. The van der Waals surface area contributed by atoms with Gasteiger partial charge in [-0.1, -0.05) is 27.5 Å². The molecule has 1 aliphatic heterocycles. The standard InChI is InChI=1S/C13H14BrClN2O2/c14-4-2-1-3-12(18)17-11-5-8-6-13(19)16-10(8)7-9(11)15/h5,7H,1-4,6H2,(H,16,19)(H,17,18). The lowest BCUT2D eigenvalue weighted by Gasteiger charge is -2.09. The van der Waals surface area contributed by atoms with Gasteiger partial charge in [-0.25, -0.2) is 0 Å². The van der Waals surface area contributed by atoms with Crippen LogP contribution in [0.1, 0.15) is 24.8 Å². The number of benzene rings is 1. The van der Waals surface area contributed by atoms with Crippen LogP contribution in [0, 0.1) is 0 Å². The second-order valence-electron chi connectivity index (χ2n) is 4.41. The summed E-state index contributed by atoms with van der Waals surface area (Å²) >= 11 is 9.41. The van der Waals surface area contributed by atoms with Gasteiger partial charge < -0.3 is 10.6 Å². The summed E-state index contributed by atoms with van der Waals surface area (Å²) in [5, 5.41) is 6.84. The molecule has 2 amide bonds. The number of amides is 2. The molecule has 6 heteroatoms. The van der Waals surface area contributed by atoms with E-state index in [-0.39, 0.29) is 11.8 Å². The number of halogens is 2. The highest BCUT2D eigenvalue weighted by molar-refractivity contribution is 9.09. The largest absolute Gasteiger partial charge is 0.325 e. The Labute approximate surface area is 125 Å². The van der Waals surface area contributed by atoms with Crippen LogP contribution in [-0.4, -0.2) is 17.1 Å². The Morgan fingerprint density at radius 1 is 1.42 bits per heavy atom. The van der Waals surface area contributed by atoms with Gasteiger partial charge in [0.1, 0.15) is 0 Å². The average Bonchev–Trinajstić information content (AvgIpc) is 2.69. The van der Waals surface area contributed by atoms with Crippen molar-refractivity contribution in [3.8, 4) is 0 Å². The molecule has 0 fully saturated rings. The third-order valence-electron chi connectivity index (χ3n) is 2.88. The van der Waals surface area contributed by atoms with Crippen LogP contribution in [0.4, 0.5) is 11.4 Å². The molecule has 0 bridgehead atoms. The molecule has 1 aromatic carbocycles. The lowest BCUT2D eigenvalue weighted by Crippen LogP contribution is -2.11. The Morgan fingerprint density at radius 3 is 2.95 bits per heavy atom. The third kappa shape index (κ3) is 3.70. The van der Waals surface area contributed by atoms with E-state index in [1.807, 2.05) is 0 Å². The maximum Gasteiger partial charge on any atom is 0.228 e. The normalized spacial score (nSPS) is 13.1. The van der Waals surface area contributed by atoms with E-state index in [0.717, 1.165) is 29.4 Å². The minimum Gasteiger partial charge on any atom is -0.325 e. The molecule has 2 rings (SSSR count). The van der Waals surface area contributed by atoms with E-state index in [1.54, 1.807) is 12.1 Å². The maximum absolute atomic E-state index is 11.7. The molecule has 0 atom stereocenters. The Hall–Kier alpha value is -1.07. The number of carbonyl (C=O) groups excluding carboxylic acids is 2. The second-order valence-corrected chi connectivity index (χ2v) is 5.61. The van der Waals surface area contributed by atoms with Crippen LogP contribution in [0.25, 0.3) is 0 Å². The fraction of sp³-hybridized carbons (Fsp3) is 0.385. The van der Waals surface area contributed by atoms with E-state index in [0.29, 0.717) is 23.6 Å². The first-order valence-electron chi connectivity index (χ1n) is 6.08. The smallest absolute Gasteiger partial charge is 0.228 e. The Balaban J connectivity index is 2.03. The fourth-order valence-electron chi connectivity index (χ4n) is 1.94. The van der Waals surface area contributed by atoms with Gasteiger partial charge in [-0.3, -0.25) is 9.59 Å². The quantitative estimate of drug-likeness (QED) is 0.635. The SMILES string of the molecule is O=C(CCCCBr)Nc1cc2c(cc1Cl)NC(=O)C2. The van der Waals surface area contributed by atoms with Crippen LogP contribution in [0.3, 0.4) is 0 Å². The average molecular weight is 346 g/mol. The molecule has 19 heavy (non-hydrogen) atoms. The van der Waals surface area contributed by atoms with Gasteiger partial charge in [0, 0.05) is 17.4 Å². The van der Waals surface area contributed by atoms with Crippen molar-refractivity contribution in [2.75, 3.05) is 16.0 Å². The molecule has 0 spiro atoms. The van der Waals surface area contributed by atoms with Crippen molar-refractivity contribution in [2.45, 2.75) is 25.7 Å². The number of nitrogens with one attached hydrogen (secondary N) is 2. The van der Waals surface area contributed by atoms with Crippen LogP contribution in [0.15, 0.2) is 12.1 Å². The minimum absolute atomic E-state index is 0.0492. The van der Waals surface area contributed by atoms with Crippen molar-refractivity contribution in [3.63, 3.8) is 0 Å². The molecule has 0 saturated carbocycles. The first kappa shape index (κ1) is 14.3. The zero-order valence-electron chi connectivity index (χ0n) is 10.3. The van der Waals surface area contributed by atoms with Crippen LogP contribution in [-0.2, 0) is 16.0 Å². The van der Waals surface area contributed by atoms with E-state index >= 15 is 0 Å². The first-order chi connectivity index (χ1) is 9.10. The van der Waals surface area contributed by atoms with Crippen molar-refractivity contribution in [2.24, 2.45) is 0 Å². The predicted octanol–water partition coefficient (Wildman–Crippen LogP) is 3.34. The summed E-state index contributed by atoms with van der Waals surface area (Å²) in [5.74, 6) is -0.105. The topological polar surface area (TPSA) is 58.2 Å². The van der Waals surface area contributed by atoms with E-state index in [4.69, 9.17) is 11.6 Å². The molecule has 0 radical (unpaired) electrons. The van der Waals surface area contributed by atoms with Gasteiger partial charge in [0.15, 0.2) is 0 Å². The summed E-state index contributed by atoms with van der Waals surface area (Å²) in [6.45, 7) is 0. The van der Waals surface area contributed by atoms with Crippen molar-refractivity contribution >= 4 is 50.7 Å². The molecule has 2 N–H and O–H groups in total. The molecule has 0 aromatic heterocycles. The summed E-state index contributed by atoms with van der Waals surface area (Å²) < 4.78 is 0. The molecule has 0 saturated heterocycles. The number of hydrogen-bond acceptors (Lipinski definition) is 2. The molecular weight excluding hydrogens is 332 g/mol. The van der Waals surface area contributed by atoms with Gasteiger partial charge in [-0.2, -0.15) is 0 Å². The monoisotopic (exact) mass is 344 g/mol. The fourth-order valence-corrected chi connectivity index (χ4v) is 2.54. The molecular formula is C13H14BrClN2O2. The highest BCUT2D eigenvalue weighted by atomic mass is 79.9. The summed E-state index contributed by atoms with van der Waals surface area (Å²) in [6, 6.07) is 3.44. The molecule has 1 heterocycles. The van der Waals surface area contributed by atoms with Crippen molar-refractivity contribution < 1.29 is 9.59 Å². The maximum atomic E-state index is 11.7. The number of hydrogen-bond donors (Lipinski definition) is 2. The van der Waals surface area contributed by atoms with E-state index < -0.39 is 0 Å². The van der Waals surface area contributed by atoms with Gasteiger partial charge in [-0.15, -0.1) is 0 Å². The van der Waals surface area contributed by atoms with Gasteiger partial charge in [0.25, 0.3) is 0 Å². The Kier molecular flexibility index (Phi) is 4.82. The lowest BCUT2D eigenvalue weighted by atomic mass is 10.1. The molecule has 1 aromatic rings. The van der Waals surface area contributed by atoms with E-state index in [1.165, 1.54) is 0 Å². The summed E-state index contributed by atoms with van der Waals surface area (Å²) in [5.41, 5.74) is 2.17. The van der Waals surface area contributed by atoms with Crippen molar-refractivity contribution in [1.82, 2.24) is 0 Å². The molecule has 4 nitrogen and oxygen atoms in total. The Bertz CT molecular complexity index is 520. The molecule has 0 unspecified atom stereocenters. The Morgan fingerprint density at radius 2 is 2.21 bits per heavy atom. The number of anilines is 2. The zero-order valence-corrected chi connectivity index (χ0v) is 12.6. The molecule has 102 valence electrons. The van der Waals surface area contributed by atoms with Gasteiger partial charge in [0.05, 0.1) is 17.1 Å². The zero-order chi connectivity index (χ0) is 13.8. The first-order valence-corrected chi connectivity index (χ1v) is 7.58. The summed E-state index contributed by atoms with van der Waals surface area (Å²) in [6.07, 6.45) is 2.60. The molecule has 1 aliphatic rings. The summed E-state index contributed by atoms with van der Waals surface area (Å²) in [4.78, 5) is 23.0. The van der Waals surface area contributed by atoms with Crippen LogP contribution in [0.2, 0.25) is 5.02 Å². The van der Waals surface area contributed by atoms with E-state index in [9.17, 15) is 9.59 Å². The van der Waals surface area contributed by atoms with Crippen molar-refractivity contribution in [1.29, 1.82) is 0 Å². The second kappa shape index (κ2) is 6.39. The highest BCUT2D eigenvalue weighted by Crippen LogP contribution is 2.32. The van der Waals surface area contributed by atoms with Crippen LogP contribution < -0.4 is 10.6 Å². The minimum atomic E-state index is -0.0555. The van der Waals surface area contributed by atoms with Gasteiger partial charge in [-0.05, 0) is 30.5 Å². The van der Waals surface area contributed by atoms with Gasteiger partial charge >= 0.3 is 0 Å². The number of rotatable bonds is 5. The van der Waals surface area contributed by atoms with Crippen LogP contribution in [0.5, 0.6) is 0 Å². The highest BCUT2D eigenvalue weighted by Gasteiger charge is 2.20. The number of carbonyl (C=O) groups is 2. The molecule has 0 aliphatic carbocycles. The van der Waals surface area contributed by atoms with E-state index in [2.05, 4.69) is 26.6 Å². The van der Waals surface area contributed by atoms with Crippen LogP contribution >= 0.6 is 27.5 Å². The lowest BCUT2D eigenvalue weighted by molar-refractivity contribution is -0.116. The predicted molar refractivity (Wildman–Crippen MR) is 80.1 cm³/mol. The van der Waals surface area contributed by atoms with Gasteiger partial charge in [0.2, 0.25) is 11.8 Å². The third-order valence-corrected chi connectivity index (χ3v) is 3.75.